The molecule has 1 heterocycles. The molecule has 0 saturated carbocycles. The monoisotopic (exact) mass is 216 g/mol. The maximum absolute atomic E-state index is 10.0. The lowest BCUT2D eigenvalue weighted by molar-refractivity contribution is 0.178. The van der Waals surface area contributed by atoms with Crippen LogP contribution in [0.5, 0.6) is 0 Å². The van der Waals surface area contributed by atoms with Gasteiger partial charge in [0.2, 0.25) is 0 Å². The topological polar surface area (TPSA) is 38.1 Å². The van der Waals surface area contributed by atoms with Crippen LogP contribution < -0.4 is 0 Å². The summed E-state index contributed by atoms with van der Waals surface area (Å²) in [5.74, 6) is 0. The Morgan fingerprint density at radius 2 is 2.00 bits per heavy atom. The molecule has 2 rings (SSSR count). The molecular formula is C13H16N2O. The summed E-state index contributed by atoms with van der Waals surface area (Å²) in [7, 11) is 1.85. The van der Waals surface area contributed by atoms with Crippen LogP contribution >= 0.6 is 0 Å². The Morgan fingerprint density at radius 3 is 2.56 bits per heavy atom. The van der Waals surface area contributed by atoms with E-state index in [2.05, 4.69) is 36.3 Å². The molecule has 84 valence electrons. The smallest absolute Gasteiger partial charge is 0.0860 e. The van der Waals surface area contributed by atoms with Crippen molar-refractivity contribution < 1.29 is 5.11 Å². The number of hydrogen-bond donors (Lipinski definition) is 1. The molecule has 0 radical (unpaired) electrons. The van der Waals surface area contributed by atoms with Crippen molar-refractivity contribution in [3.8, 4) is 0 Å². The second-order valence-corrected chi connectivity index (χ2v) is 4.15. The van der Waals surface area contributed by atoms with Gasteiger partial charge in [-0.05, 0) is 12.5 Å². The van der Waals surface area contributed by atoms with Crippen LogP contribution in [0, 0.1) is 6.92 Å². The van der Waals surface area contributed by atoms with E-state index < -0.39 is 6.10 Å². The van der Waals surface area contributed by atoms with E-state index in [1.54, 1.807) is 10.9 Å². The van der Waals surface area contributed by atoms with Crippen LogP contribution in [0.3, 0.4) is 0 Å². The second-order valence-electron chi connectivity index (χ2n) is 4.15. The minimum atomic E-state index is -0.476. The van der Waals surface area contributed by atoms with E-state index in [4.69, 9.17) is 0 Å². The van der Waals surface area contributed by atoms with Gasteiger partial charge in [-0.15, -0.1) is 0 Å². The SMILES string of the molecule is Cc1ccc(CC(O)c2cnn(C)c2)cc1. The zero-order chi connectivity index (χ0) is 11.5. The molecule has 0 fully saturated rings. The van der Waals surface area contributed by atoms with Gasteiger partial charge in [-0.25, -0.2) is 0 Å². The second kappa shape index (κ2) is 4.49. The van der Waals surface area contributed by atoms with Crippen LogP contribution in [0.25, 0.3) is 0 Å². The summed E-state index contributed by atoms with van der Waals surface area (Å²) in [4.78, 5) is 0. The molecule has 2 aromatic rings. The van der Waals surface area contributed by atoms with Gasteiger partial charge in [0.1, 0.15) is 0 Å². The van der Waals surface area contributed by atoms with Gasteiger partial charge in [-0.3, -0.25) is 4.68 Å². The lowest BCUT2D eigenvalue weighted by Crippen LogP contribution is -2.00. The highest BCUT2D eigenvalue weighted by Gasteiger charge is 2.10. The van der Waals surface area contributed by atoms with Crippen molar-refractivity contribution in [2.45, 2.75) is 19.4 Å². The molecule has 1 atom stereocenters. The van der Waals surface area contributed by atoms with E-state index >= 15 is 0 Å². The fourth-order valence-electron chi connectivity index (χ4n) is 1.68. The van der Waals surface area contributed by atoms with E-state index in [0.29, 0.717) is 6.42 Å². The van der Waals surface area contributed by atoms with Crippen molar-refractivity contribution >= 4 is 0 Å². The number of rotatable bonds is 3. The molecule has 0 spiro atoms. The molecule has 0 bridgehead atoms. The minimum Gasteiger partial charge on any atom is -0.388 e. The van der Waals surface area contributed by atoms with E-state index in [0.717, 1.165) is 11.1 Å². The standard InChI is InChI=1S/C13H16N2O/c1-10-3-5-11(6-4-10)7-13(16)12-8-14-15(2)9-12/h3-6,8-9,13,16H,7H2,1-2H3. The molecule has 16 heavy (non-hydrogen) atoms. The molecule has 0 aliphatic rings. The van der Waals surface area contributed by atoms with Crippen LogP contribution in [-0.2, 0) is 13.5 Å². The minimum absolute atomic E-state index is 0.476. The molecular weight excluding hydrogens is 200 g/mol. The number of aliphatic hydroxyl groups is 1. The third-order valence-corrected chi connectivity index (χ3v) is 2.66. The summed E-state index contributed by atoms with van der Waals surface area (Å²) in [6.45, 7) is 2.06. The van der Waals surface area contributed by atoms with Crippen LogP contribution in [0.1, 0.15) is 22.8 Å². The Labute approximate surface area is 95.3 Å². The highest BCUT2D eigenvalue weighted by Crippen LogP contribution is 2.17. The molecule has 1 unspecified atom stereocenters. The Hall–Kier alpha value is -1.61. The van der Waals surface area contributed by atoms with Gasteiger partial charge in [-0.1, -0.05) is 29.8 Å². The predicted octanol–water partition coefficient (Wildman–Crippen LogP) is 2.00. The van der Waals surface area contributed by atoms with Crippen LogP contribution in [0.2, 0.25) is 0 Å². The third kappa shape index (κ3) is 2.49. The summed E-state index contributed by atoms with van der Waals surface area (Å²) in [6.07, 6.45) is 3.71. The summed E-state index contributed by atoms with van der Waals surface area (Å²) < 4.78 is 1.70. The number of hydrogen-bond acceptors (Lipinski definition) is 2. The van der Waals surface area contributed by atoms with Crippen LogP contribution in [0.4, 0.5) is 0 Å². The van der Waals surface area contributed by atoms with Crippen LogP contribution in [0.15, 0.2) is 36.7 Å². The molecule has 1 N–H and O–H groups in total. The first-order valence-electron chi connectivity index (χ1n) is 5.37. The first kappa shape index (κ1) is 10.9. The number of aromatic nitrogens is 2. The summed E-state index contributed by atoms with van der Waals surface area (Å²) in [5.41, 5.74) is 3.24. The number of aliphatic hydroxyl groups excluding tert-OH is 1. The largest absolute Gasteiger partial charge is 0.388 e. The normalized spacial score (nSPS) is 12.7. The molecule has 1 aromatic heterocycles. The first-order chi connectivity index (χ1) is 7.65. The lowest BCUT2D eigenvalue weighted by Gasteiger charge is -2.08. The van der Waals surface area contributed by atoms with Crippen molar-refractivity contribution in [3.63, 3.8) is 0 Å². The van der Waals surface area contributed by atoms with Gasteiger partial charge < -0.3 is 5.11 Å². The van der Waals surface area contributed by atoms with Gasteiger partial charge in [0.25, 0.3) is 0 Å². The maximum Gasteiger partial charge on any atom is 0.0860 e. The van der Waals surface area contributed by atoms with Gasteiger partial charge in [0, 0.05) is 25.2 Å². The highest BCUT2D eigenvalue weighted by atomic mass is 16.3. The summed E-state index contributed by atoms with van der Waals surface area (Å²) >= 11 is 0. The van der Waals surface area contributed by atoms with Gasteiger partial charge in [-0.2, -0.15) is 5.10 Å². The number of benzene rings is 1. The Bertz CT molecular complexity index is 459. The molecule has 1 aromatic carbocycles. The zero-order valence-corrected chi connectivity index (χ0v) is 9.59. The number of nitrogens with zero attached hydrogens (tertiary/aromatic N) is 2. The summed E-state index contributed by atoms with van der Waals surface area (Å²) in [6, 6.07) is 8.22. The Kier molecular flexibility index (Phi) is 3.06. The van der Waals surface area contributed by atoms with Crippen molar-refractivity contribution in [2.24, 2.45) is 7.05 Å². The van der Waals surface area contributed by atoms with E-state index in [1.165, 1.54) is 5.56 Å². The average molecular weight is 216 g/mol. The lowest BCUT2D eigenvalue weighted by atomic mass is 10.0. The predicted molar refractivity (Wildman–Crippen MR) is 63.1 cm³/mol. The Morgan fingerprint density at radius 1 is 1.31 bits per heavy atom. The Balaban J connectivity index is 2.07. The van der Waals surface area contributed by atoms with Crippen molar-refractivity contribution in [1.29, 1.82) is 0 Å². The maximum atomic E-state index is 10.0. The third-order valence-electron chi connectivity index (χ3n) is 2.66. The molecule has 0 aliphatic carbocycles. The first-order valence-corrected chi connectivity index (χ1v) is 5.37. The van der Waals surface area contributed by atoms with E-state index in [1.807, 2.05) is 13.2 Å². The van der Waals surface area contributed by atoms with Gasteiger partial charge >= 0.3 is 0 Å². The quantitative estimate of drug-likeness (QED) is 0.852. The van der Waals surface area contributed by atoms with Gasteiger partial charge in [0.05, 0.1) is 12.3 Å². The molecule has 0 aliphatic heterocycles. The zero-order valence-electron chi connectivity index (χ0n) is 9.59. The van der Waals surface area contributed by atoms with Crippen molar-refractivity contribution in [3.05, 3.63) is 53.3 Å². The number of aryl methyl sites for hydroxylation is 2. The van der Waals surface area contributed by atoms with Gasteiger partial charge in [0.15, 0.2) is 0 Å². The molecule has 0 amide bonds. The summed E-state index contributed by atoms with van der Waals surface area (Å²) in [5, 5.41) is 14.1. The van der Waals surface area contributed by atoms with Crippen molar-refractivity contribution in [1.82, 2.24) is 9.78 Å². The highest BCUT2D eigenvalue weighted by molar-refractivity contribution is 5.23. The van der Waals surface area contributed by atoms with Crippen molar-refractivity contribution in [2.75, 3.05) is 0 Å². The van der Waals surface area contributed by atoms with Crippen LogP contribution in [-0.4, -0.2) is 14.9 Å². The van der Waals surface area contributed by atoms with E-state index in [9.17, 15) is 5.11 Å². The fraction of sp³-hybridized carbons (Fsp3) is 0.308. The molecule has 3 nitrogen and oxygen atoms in total. The molecule has 3 heteroatoms. The molecule has 0 saturated heterocycles. The van der Waals surface area contributed by atoms with E-state index in [-0.39, 0.29) is 0 Å². The average Bonchev–Trinajstić information content (AvgIpc) is 2.68. The fourth-order valence-corrected chi connectivity index (χ4v) is 1.68.